The molecule has 27 heavy (non-hydrogen) atoms. The lowest BCUT2D eigenvalue weighted by molar-refractivity contribution is 0.101. The highest BCUT2D eigenvalue weighted by Crippen LogP contribution is 2.15. The summed E-state index contributed by atoms with van der Waals surface area (Å²) in [6, 6.07) is 22.0. The zero-order valence-corrected chi connectivity index (χ0v) is 15.4. The SMILES string of the molecule is CC(=O)c1ccc(NC(=O)c2ccc(COc3ccc(C)cc3)cc2)cc1. The average Bonchev–Trinajstić information content (AvgIpc) is 2.68. The Balaban J connectivity index is 1.58. The van der Waals surface area contributed by atoms with Gasteiger partial charge in [-0.1, -0.05) is 29.8 Å². The second-order valence-corrected chi connectivity index (χ2v) is 6.39. The van der Waals surface area contributed by atoms with Crippen molar-refractivity contribution in [2.24, 2.45) is 0 Å². The fourth-order valence-electron chi connectivity index (χ4n) is 2.55. The summed E-state index contributed by atoms with van der Waals surface area (Å²) >= 11 is 0. The van der Waals surface area contributed by atoms with Crippen LogP contribution in [0.5, 0.6) is 5.75 Å². The molecule has 0 atom stereocenters. The number of benzene rings is 3. The number of amides is 1. The number of carbonyl (C=O) groups excluding carboxylic acids is 2. The Morgan fingerprint density at radius 3 is 2.00 bits per heavy atom. The van der Waals surface area contributed by atoms with Crippen LogP contribution in [0.3, 0.4) is 0 Å². The number of anilines is 1. The van der Waals surface area contributed by atoms with E-state index in [4.69, 9.17) is 4.74 Å². The fourth-order valence-corrected chi connectivity index (χ4v) is 2.55. The van der Waals surface area contributed by atoms with Crippen LogP contribution in [0.4, 0.5) is 5.69 Å². The van der Waals surface area contributed by atoms with Gasteiger partial charge in [-0.25, -0.2) is 0 Å². The van der Waals surface area contributed by atoms with Gasteiger partial charge in [0.2, 0.25) is 0 Å². The van der Waals surface area contributed by atoms with Gasteiger partial charge in [0.25, 0.3) is 5.91 Å². The van der Waals surface area contributed by atoms with Crippen molar-refractivity contribution in [1.82, 2.24) is 0 Å². The number of aryl methyl sites for hydroxylation is 1. The van der Waals surface area contributed by atoms with Crippen LogP contribution in [0.2, 0.25) is 0 Å². The van der Waals surface area contributed by atoms with E-state index in [2.05, 4.69) is 5.32 Å². The van der Waals surface area contributed by atoms with Crippen LogP contribution >= 0.6 is 0 Å². The predicted molar refractivity (Wildman–Crippen MR) is 106 cm³/mol. The lowest BCUT2D eigenvalue weighted by Gasteiger charge is -2.08. The smallest absolute Gasteiger partial charge is 0.255 e. The van der Waals surface area contributed by atoms with Crippen LogP contribution in [0.25, 0.3) is 0 Å². The summed E-state index contributed by atoms with van der Waals surface area (Å²) in [6.07, 6.45) is 0. The van der Waals surface area contributed by atoms with E-state index in [-0.39, 0.29) is 11.7 Å². The maximum Gasteiger partial charge on any atom is 0.255 e. The van der Waals surface area contributed by atoms with Crippen molar-refractivity contribution in [1.29, 1.82) is 0 Å². The van der Waals surface area contributed by atoms with Crippen molar-refractivity contribution in [2.45, 2.75) is 20.5 Å². The first-order chi connectivity index (χ1) is 13.0. The Labute approximate surface area is 158 Å². The molecule has 1 N–H and O–H groups in total. The van der Waals surface area contributed by atoms with E-state index in [1.165, 1.54) is 12.5 Å². The zero-order valence-electron chi connectivity index (χ0n) is 15.4. The number of ketones is 1. The van der Waals surface area contributed by atoms with Crippen LogP contribution in [0.15, 0.2) is 72.8 Å². The Morgan fingerprint density at radius 2 is 1.41 bits per heavy atom. The topological polar surface area (TPSA) is 55.4 Å². The summed E-state index contributed by atoms with van der Waals surface area (Å²) < 4.78 is 5.75. The highest BCUT2D eigenvalue weighted by molar-refractivity contribution is 6.04. The van der Waals surface area contributed by atoms with Crippen LogP contribution in [-0.2, 0) is 6.61 Å². The molecule has 4 heteroatoms. The molecule has 3 aromatic carbocycles. The molecule has 0 aliphatic heterocycles. The first-order valence-corrected chi connectivity index (χ1v) is 8.72. The third-order valence-electron chi connectivity index (χ3n) is 4.19. The molecular formula is C23H21NO3. The monoisotopic (exact) mass is 359 g/mol. The molecule has 1 amide bonds. The minimum atomic E-state index is -0.198. The number of ether oxygens (including phenoxy) is 1. The quantitative estimate of drug-likeness (QED) is 0.628. The Kier molecular flexibility index (Phi) is 5.67. The molecule has 0 spiro atoms. The largest absolute Gasteiger partial charge is 0.489 e. The van der Waals surface area contributed by atoms with E-state index in [0.717, 1.165) is 11.3 Å². The maximum absolute atomic E-state index is 12.3. The molecule has 0 saturated heterocycles. The van der Waals surface area contributed by atoms with Crippen molar-refractivity contribution < 1.29 is 14.3 Å². The predicted octanol–water partition coefficient (Wildman–Crippen LogP) is 5.03. The normalized spacial score (nSPS) is 10.3. The zero-order chi connectivity index (χ0) is 19.2. The Morgan fingerprint density at radius 1 is 0.815 bits per heavy atom. The number of hydrogen-bond donors (Lipinski definition) is 1. The first kappa shape index (κ1) is 18.4. The van der Waals surface area contributed by atoms with Gasteiger partial charge in [0.05, 0.1) is 0 Å². The standard InChI is InChI=1S/C23H21NO3/c1-16-3-13-22(14-4-16)27-15-18-5-7-20(8-6-18)23(26)24-21-11-9-19(10-12-21)17(2)25/h3-14H,15H2,1-2H3,(H,24,26). The summed E-state index contributed by atoms with van der Waals surface area (Å²) in [5.74, 6) is 0.615. The van der Waals surface area contributed by atoms with Crippen LogP contribution in [0, 0.1) is 6.92 Å². The molecular weight excluding hydrogens is 338 g/mol. The minimum absolute atomic E-state index is 0.00341. The molecule has 3 rings (SSSR count). The van der Waals surface area contributed by atoms with Gasteiger partial charge in [-0.3, -0.25) is 9.59 Å². The van der Waals surface area contributed by atoms with Gasteiger partial charge in [0.1, 0.15) is 12.4 Å². The molecule has 4 nitrogen and oxygen atoms in total. The van der Waals surface area contributed by atoms with Gasteiger partial charge < -0.3 is 10.1 Å². The summed E-state index contributed by atoms with van der Waals surface area (Å²) in [5.41, 5.74) is 4.00. The molecule has 0 aliphatic rings. The number of hydrogen-bond acceptors (Lipinski definition) is 3. The molecule has 0 aliphatic carbocycles. The maximum atomic E-state index is 12.3. The Hall–Kier alpha value is -3.40. The van der Waals surface area contributed by atoms with Gasteiger partial charge in [-0.2, -0.15) is 0 Å². The van der Waals surface area contributed by atoms with Crippen molar-refractivity contribution in [3.63, 3.8) is 0 Å². The van der Waals surface area contributed by atoms with E-state index < -0.39 is 0 Å². The van der Waals surface area contributed by atoms with E-state index >= 15 is 0 Å². The lowest BCUT2D eigenvalue weighted by atomic mass is 10.1. The van der Waals surface area contributed by atoms with Crippen LogP contribution in [0.1, 0.15) is 38.8 Å². The van der Waals surface area contributed by atoms with Crippen LogP contribution < -0.4 is 10.1 Å². The molecule has 0 unspecified atom stereocenters. The third kappa shape index (κ3) is 5.05. The van der Waals surface area contributed by atoms with Crippen molar-refractivity contribution in [3.8, 4) is 5.75 Å². The highest BCUT2D eigenvalue weighted by Gasteiger charge is 2.07. The van der Waals surface area contributed by atoms with E-state index in [9.17, 15) is 9.59 Å². The van der Waals surface area contributed by atoms with E-state index in [1.54, 1.807) is 36.4 Å². The second-order valence-electron chi connectivity index (χ2n) is 6.39. The molecule has 3 aromatic rings. The average molecular weight is 359 g/mol. The minimum Gasteiger partial charge on any atom is -0.489 e. The fraction of sp³-hybridized carbons (Fsp3) is 0.130. The molecule has 0 bridgehead atoms. The third-order valence-corrected chi connectivity index (χ3v) is 4.19. The van der Waals surface area contributed by atoms with E-state index in [1.807, 2.05) is 43.3 Å². The number of nitrogens with one attached hydrogen (secondary N) is 1. The first-order valence-electron chi connectivity index (χ1n) is 8.72. The molecule has 0 aromatic heterocycles. The van der Waals surface area contributed by atoms with Gasteiger partial charge >= 0.3 is 0 Å². The number of rotatable bonds is 6. The summed E-state index contributed by atoms with van der Waals surface area (Å²) in [6.45, 7) is 3.99. The Bertz CT molecular complexity index is 927. The summed E-state index contributed by atoms with van der Waals surface area (Å²) in [5, 5.41) is 2.83. The van der Waals surface area contributed by atoms with E-state index in [0.29, 0.717) is 23.4 Å². The van der Waals surface area contributed by atoms with Crippen LogP contribution in [-0.4, -0.2) is 11.7 Å². The van der Waals surface area contributed by atoms with Gasteiger partial charge in [0.15, 0.2) is 5.78 Å². The molecule has 0 saturated carbocycles. The van der Waals surface area contributed by atoms with Gasteiger partial charge in [-0.15, -0.1) is 0 Å². The van der Waals surface area contributed by atoms with Gasteiger partial charge in [-0.05, 0) is 67.9 Å². The lowest BCUT2D eigenvalue weighted by Crippen LogP contribution is -2.12. The molecule has 136 valence electrons. The van der Waals surface area contributed by atoms with Crippen molar-refractivity contribution in [2.75, 3.05) is 5.32 Å². The highest BCUT2D eigenvalue weighted by atomic mass is 16.5. The summed E-state index contributed by atoms with van der Waals surface area (Å²) in [7, 11) is 0. The molecule has 0 radical (unpaired) electrons. The number of Topliss-reactive ketones (excluding diaryl/α,β-unsaturated/α-hetero) is 1. The molecule has 0 heterocycles. The second kappa shape index (κ2) is 8.32. The number of carbonyl (C=O) groups is 2. The van der Waals surface area contributed by atoms with Gasteiger partial charge in [0, 0.05) is 16.8 Å². The van der Waals surface area contributed by atoms with Crippen molar-refractivity contribution in [3.05, 3.63) is 95.1 Å². The van der Waals surface area contributed by atoms with Crippen molar-refractivity contribution >= 4 is 17.4 Å². The summed E-state index contributed by atoms with van der Waals surface area (Å²) in [4.78, 5) is 23.6. The molecule has 0 fully saturated rings.